The lowest BCUT2D eigenvalue weighted by Gasteiger charge is -2.28. The monoisotopic (exact) mass is 273 g/mol. The van der Waals surface area contributed by atoms with Gasteiger partial charge in [-0.25, -0.2) is 13.6 Å². The fourth-order valence-corrected chi connectivity index (χ4v) is 2.04. The number of hydrogen-bond donors (Lipinski definition) is 4. The van der Waals surface area contributed by atoms with Crippen molar-refractivity contribution in [2.75, 3.05) is 17.7 Å². The SMILES string of the molecule is CCC(C)(CO)Nc1cc(N)cc(S(N)(=O)=O)c1. The van der Waals surface area contributed by atoms with Crippen LogP contribution >= 0.6 is 0 Å². The molecule has 0 spiro atoms. The Morgan fingerprint density at radius 3 is 2.44 bits per heavy atom. The highest BCUT2D eigenvalue weighted by Crippen LogP contribution is 2.23. The molecule has 0 aliphatic rings. The van der Waals surface area contributed by atoms with E-state index in [-0.39, 0.29) is 11.5 Å². The smallest absolute Gasteiger partial charge is 0.238 e. The van der Waals surface area contributed by atoms with Crippen molar-refractivity contribution in [3.8, 4) is 0 Å². The number of benzene rings is 1. The largest absolute Gasteiger partial charge is 0.399 e. The van der Waals surface area contributed by atoms with Gasteiger partial charge in [-0.1, -0.05) is 6.92 Å². The second-order valence-electron chi connectivity index (χ2n) is 4.53. The summed E-state index contributed by atoms with van der Waals surface area (Å²) in [5.41, 5.74) is 5.90. The number of nitrogens with two attached hydrogens (primary N) is 2. The van der Waals surface area contributed by atoms with Gasteiger partial charge in [0.25, 0.3) is 0 Å². The molecule has 0 heterocycles. The van der Waals surface area contributed by atoms with E-state index in [0.29, 0.717) is 17.8 Å². The number of aliphatic hydroxyl groups is 1. The zero-order valence-corrected chi connectivity index (χ0v) is 11.3. The van der Waals surface area contributed by atoms with E-state index in [4.69, 9.17) is 10.9 Å². The standard InChI is InChI=1S/C11H19N3O3S/c1-3-11(2,7-15)14-9-4-8(12)5-10(6-9)18(13,16)17/h4-6,14-15H,3,7,12H2,1-2H3,(H2,13,16,17). The van der Waals surface area contributed by atoms with E-state index in [2.05, 4.69) is 5.32 Å². The number of primary sulfonamides is 1. The number of aliphatic hydroxyl groups excluding tert-OH is 1. The normalized spacial score (nSPS) is 15.1. The Morgan fingerprint density at radius 1 is 1.39 bits per heavy atom. The zero-order chi connectivity index (χ0) is 14.0. The van der Waals surface area contributed by atoms with Crippen molar-refractivity contribution >= 4 is 21.4 Å². The molecule has 1 aromatic rings. The summed E-state index contributed by atoms with van der Waals surface area (Å²) in [7, 11) is -3.80. The molecule has 0 aliphatic heterocycles. The Balaban J connectivity index is 3.16. The quantitative estimate of drug-likeness (QED) is 0.582. The average molecular weight is 273 g/mol. The van der Waals surface area contributed by atoms with E-state index in [1.54, 1.807) is 6.07 Å². The Kier molecular flexibility index (Phi) is 4.20. The summed E-state index contributed by atoms with van der Waals surface area (Å²) in [6.07, 6.45) is 0.670. The van der Waals surface area contributed by atoms with Gasteiger partial charge in [0.1, 0.15) is 0 Å². The molecule has 1 unspecified atom stereocenters. The van der Waals surface area contributed by atoms with Gasteiger partial charge in [0.15, 0.2) is 0 Å². The molecule has 0 radical (unpaired) electrons. The lowest BCUT2D eigenvalue weighted by molar-refractivity contribution is 0.219. The topological polar surface area (TPSA) is 118 Å². The van der Waals surface area contributed by atoms with Gasteiger partial charge in [0.2, 0.25) is 10.0 Å². The van der Waals surface area contributed by atoms with Crippen LogP contribution in [0.2, 0.25) is 0 Å². The van der Waals surface area contributed by atoms with Gasteiger partial charge in [0.05, 0.1) is 17.0 Å². The van der Waals surface area contributed by atoms with E-state index >= 15 is 0 Å². The van der Waals surface area contributed by atoms with Crippen LogP contribution in [0.5, 0.6) is 0 Å². The maximum Gasteiger partial charge on any atom is 0.238 e. The third kappa shape index (κ3) is 3.59. The second-order valence-corrected chi connectivity index (χ2v) is 6.09. The predicted octanol–water partition coefficient (Wildman–Crippen LogP) is 0.489. The lowest BCUT2D eigenvalue weighted by atomic mass is 10.00. The third-order valence-corrected chi connectivity index (χ3v) is 3.73. The summed E-state index contributed by atoms with van der Waals surface area (Å²) in [6.45, 7) is 3.66. The van der Waals surface area contributed by atoms with Gasteiger partial charge >= 0.3 is 0 Å². The van der Waals surface area contributed by atoms with Crippen molar-refractivity contribution in [1.29, 1.82) is 0 Å². The van der Waals surface area contributed by atoms with Crippen molar-refractivity contribution in [2.45, 2.75) is 30.7 Å². The molecular formula is C11H19N3O3S. The van der Waals surface area contributed by atoms with Crippen molar-refractivity contribution < 1.29 is 13.5 Å². The first-order valence-electron chi connectivity index (χ1n) is 5.52. The molecule has 102 valence electrons. The van der Waals surface area contributed by atoms with Crippen LogP contribution in [0.1, 0.15) is 20.3 Å². The Hall–Kier alpha value is -1.31. The van der Waals surface area contributed by atoms with Crippen LogP contribution in [0.25, 0.3) is 0 Å². The van der Waals surface area contributed by atoms with Crippen LogP contribution in [-0.4, -0.2) is 25.7 Å². The number of nitrogens with one attached hydrogen (secondary N) is 1. The summed E-state index contributed by atoms with van der Waals surface area (Å²) < 4.78 is 22.6. The van der Waals surface area contributed by atoms with Gasteiger partial charge in [-0.05, 0) is 31.5 Å². The number of hydrogen-bond acceptors (Lipinski definition) is 5. The van der Waals surface area contributed by atoms with Gasteiger partial charge in [-0.2, -0.15) is 0 Å². The number of rotatable bonds is 5. The molecule has 0 saturated carbocycles. The molecular weight excluding hydrogens is 254 g/mol. The maximum absolute atomic E-state index is 11.3. The van der Waals surface area contributed by atoms with Gasteiger partial charge in [0, 0.05) is 11.4 Å². The van der Waals surface area contributed by atoms with Crippen LogP contribution in [0, 0.1) is 0 Å². The fourth-order valence-electron chi connectivity index (χ4n) is 1.45. The van der Waals surface area contributed by atoms with Gasteiger partial charge in [-0.3, -0.25) is 0 Å². The molecule has 0 aromatic heterocycles. The first kappa shape index (κ1) is 14.7. The van der Waals surface area contributed by atoms with Crippen LogP contribution in [-0.2, 0) is 10.0 Å². The molecule has 1 aromatic carbocycles. The molecule has 1 atom stereocenters. The minimum atomic E-state index is -3.80. The summed E-state index contributed by atoms with van der Waals surface area (Å²) in [5, 5.41) is 17.4. The summed E-state index contributed by atoms with van der Waals surface area (Å²) in [4.78, 5) is -0.0543. The van der Waals surface area contributed by atoms with Crippen molar-refractivity contribution in [2.24, 2.45) is 5.14 Å². The van der Waals surface area contributed by atoms with Crippen LogP contribution in [0.15, 0.2) is 23.1 Å². The molecule has 0 saturated heterocycles. The van der Waals surface area contributed by atoms with Crippen LogP contribution < -0.4 is 16.2 Å². The third-order valence-electron chi connectivity index (χ3n) is 2.83. The van der Waals surface area contributed by atoms with E-state index in [0.717, 1.165) is 0 Å². The van der Waals surface area contributed by atoms with E-state index < -0.39 is 15.6 Å². The molecule has 7 heteroatoms. The number of nitrogen functional groups attached to an aromatic ring is 1. The molecule has 0 amide bonds. The summed E-state index contributed by atoms with van der Waals surface area (Å²) in [5.74, 6) is 0. The van der Waals surface area contributed by atoms with E-state index in [9.17, 15) is 13.5 Å². The minimum absolute atomic E-state index is 0.0543. The first-order valence-corrected chi connectivity index (χ1v) is 7.07. The first-order chi connectivity index (χ1) is 8.20. The highest BCUT2D eigenvalue weighted by Gasteiger charge is 2.21. The molecule has 0 aliphatic carbocycles. The second kappa shape index (κ2) is 5.13. The fraction of sp³-hybridized carbons (Fsp3) is 0.455. The number of sulfonamides is 1. The van der Waals surface area contributed by atoms with Crippen molar-refractivity contribution in [1.82, 2.24) is 0 Å². The summed E-state index contributed by atoms with van der Waals surface area (Å²) in [6, 6.07) is 4.29. The van der Waals surface area contributed by atoms with Crippen LogP contribution in [0.4, 0.5) is 11.4 Å². The van der Waals surface area contributed by atoms with E-state index in [1.165, 1.54) is 12.1 Å². The Morgan fingerprint density at radius 2 is 2.00 bits per heavy atom. The zero-order valence-electron chi connectivity index (χ0n) is 10.5. The highest BCUT2D eigenvalue weighted by molar-refractivity contribution is 7.89. The van der Waals surface area contributed by atoms with Crippen molar-refractivity contribution in [3.63, 3.8) is 0 Å². The number of anilines is 2. The lowest BCUT2D eigenvalue weighted by Crippen LogP contribution is -2.38. The molecule has 1 rings (SSSR count). The Bertz CT molecular complexity index is 524. The molecule has 0 bridgehead atoms. The van der Waals surface area contributed by atoms with Crippen molar-refractivity contribution in [3.05, 3.63) is 18.2 Å². The van der Waals surface area contributed by atoms with Gasteiger partial charge < -0.3 is 16.2 Å². The average Bonchev–Trinajstić information content (AvgIpc) is 2.27. The molecule has 6 N–H and O–H groups in total. The van der Waals surface area contributed by atoms with E-state index in [1.807, 2.05) is 13.8 Å². The maximum atomic E-state index is 11.3. The molecule has 18 heavy (non-hydrogen) atoms. The summed E-state index contributed by atoms with van der Waals surface area (Å²) >= 11 is 0. The molecule has 6 nitrogen and oxygen atoms in total. The van der Waals surface area contributed by atoms with Gasteiger partial charge in [-0.15, -0.1) is 0 Å². The predicted molar refractivity (Wildman–Crippen MR) is 71.6 cm³/mol. The Labute approximate surface area is 107 Å². The highest BCUT2D eigenvalue weighted by atomic mass is 32.2. The minimum Gasteiger partial charge on any atom is -0.399 e. The molecule has 0 fully saturated rings. The van der Waals surface area contributed by atoms with Crippen LogP contribution in [0.3, 0.4) is 0 Å².